The first-order valence-corrected chi connectivity index (χ1v) is 10.2. The van der Waals surface area contributed by atoms with Gasteiger partial charge in [-0.05, 0) is 43.2 Å². The van der Waals surface area contributed by atoms with Gasteiger partial charge >= 0.3 is 12.1 Å². The summed E-state index contributed by atoms with van der Waals surface area (Å²) in [5, 5.41) is 7.91. The lowest BCUT2D eigenvalue weighted by molar-refractivity contribution is -0.123. The summed E-state index contributed by atoms with van der Waals surface area (Å²) in [6.07, 6.45) is 5.82. The Bertz CT molecular complexity index is 734. The zero-order valence-corrected chi connectivity index (χ0v) is 16.7. The van der Waals surface area contributed by atoms with E-state index in [2.05, 4.69) is 22.9 Å². The van der Waals surface area contributed by atoms with E-state index in [1.807, 2.05) is 29.2 Å². The highest BCUT2D eigenvalue weighted by Gasteiger charge is 2.43. The van der Waals surface area contributed by atoms with Crippen molar-refractivity contribution in [1.29, 1.82) is 0 Å². The number of nitrogens with zero attached hydrogens (tertiary/aromatic N) is 1. The van der Waals surface area contributed by atoms with E-state index >= 15 is 0 Å². The number of urea groups is 2. The van der Waals surface area contributed by atoms with Crippen LogP contribution in [0, 0.1) is 5.92 Å². The SMILES string of the molecule is CCCC1CCCN(C(=O)NCc2ccc(C3(C)NC(=O)NC3=O)cc2)CC1. The smallest absolute Gasteiger partial charge is 0.322 e. The van der Waals surface area contributed by atoms with Gasteiger partial charge in [-0.1, -0.05) is 44.0 Å². The molecular formula is C21H30N4O3. The van der Waals surface area contributed by atoms with Gasteiger partial charge in [-0.15, -0.1) is 0 Å². The topological polar surface area (TPSA) is 90.5 Å². The fraction of sp³-hybridized carbons (Fsp3) is 0.571. The molecule has 0 aromatic heterocycles. The van der Waals surface area contributed by atoms with Gasteiger partial charge in [0.25, 0.3) is 5.91 Å². The molecular weight excluding hydrogens is 356 g/mol. The Morgan fingerprint density at radius 2 is 1.96 bits per heavy atom. The molecule has 2 aliphatic heterocycles. The normalized spacial score (nSPS) is 25.1. The largest absolute Gasteiger partial charge is 0.334 e. The van der Waals surface area contributed by atoms with Gasteiger partial charge in [-0.25, -0.2) is 9.59 Å². The van der Waals surface area contributed by atoms with E-state index in [1.165, 1.54) is 19.3 Å². The van der Waals surface area contributed by atoms with Gasteiger partial charge in [0.05, 0.1) is 0 Å². The van der Waals surface area contributed by atoms with E-state index in [4.69, 9.17) is 0 Å². The molecule has 152 valence electrons. The van der Waals surface area contributed by atoms with Crippen LogP contribution in [0.25, 0.3) is 0 Å². The second kappa shape index (κ2) is 8.63. The van der Waals surface area contributed by atoms with E-state index in [1.54, 1.807) is 6.92 Å². The molecule has 2 heterocycles. The number of hydrogen-bond acceptors (Lipinski definition) is 3. The quantitative estimate of drug-likeness (QED) is 0.680. The molecule has 0 spiro atoms. The monoisotopic (exact) mass is 386 g/mol. The molecule has 1 aromatic rings. The maximum absolute atomic E-state index is 12.5. The lowest BCUT2D eigenvalue weighted by Crippen LogP contribution is -2.41. The van der Waals surface area contributed by atoms with Crippen molar-refractivity contribution in [2.75, 3.05) is 13.1 Å². The molecule has 2 aliphatic rings. The van der Waals surface area contributed by atoms with Crippen molar-refractivity contribution in [2.45, 2.75) is 58.0 Å². The first kappa shape index (κ1) is 20.2. The maximum Gasteiger partial charge on any atom is 0.322 e. The van der Waals surface area contributed by atoms with Crippen molar-refractivity contribution in [1.82, 2.24) is 20.9 Å². The van der Waals surface area contributed by atoms with Gasteiger partial charge < -0.3 is 15.5 Å². The predicted molar refractivity (Wildman–Crippen MR) is 107 cm³/mol. The lowest BCUT2D eigenvalue weighted by atomic mass is 9.91. The number of nitrogens with one attached hydrogen (secondary N) is 3. The fourth-order valence-electron chi connectivity index (χ4n) is 4.06. The number of carbonyl (C=O) groups excluding carboxylic acids is 3. The van der Waals surface area contributed by atoms with Crippen LogP contribution in [0.15, 0.2) is 24.3 Å². The third-order valence-electron chi connectivity index (χ3n) is 5.85. The van der Waals surface area contributed by atoms with Gasteiger partial charge in [-0.2, -0.15) is 0 Å². The molecule has 2 saturated heterocycles. The van der Waals surface area contributed by atoms with Crippen LogP contribution in [0.1, 0.15) is 57.1 Å². The molecule has 3 N–H and O–H groups in total. The molecule has 0 aliphatic carbocycles. The Labute approximate surface area is 166 Å². The molecule has 2 atom stereocenters. The van der Waals surface area contributed by atoms with Crippen molar-refractivity contribution in [3.8, 4) is 0 Å². The minimum atomic E-state index is -1.06. The Morgan fingerprint density at radius 3 is 2.61 bits per heavy atom. The van der Waals surface area contributed by atoms with Crippen molar-refractivity contribution in [2.24, 2.45) is 5.92 Å². The van der Waals surface area contributed by atoms with Crippen molar-refractivity contribution in [3.05, 3.63) is 35.4 Å². The molecule has 2 fully saturated rings. The fourth-order valence-corrected chi connectivity index (χ4v) is 4.06. The average Bonchev–Trinajstić information content (AvgIpc) is 2.84. The zero-order valence-electron chi connectivity index (χ0n) is 16.7. The lowest BCUT2D eigenvalue weighted by Gasteiger charge is -2.22. The standard InChI is InChI=1S/C21H30N4O3/c1-3-5-15-6-4-12-25(13-11-15)20(28)22-14-16-7-9-17(10-8-16)21(2)18(26)23-19(27)24-21/h7-10,15H,3-6,11-14H2,1-2H3,(H,22,28)(H2,23,24,26,27). The van der Waals surface area contributed by atoms with Crippen LogP contribution < -0.4 is 16.0 Å². The van der Waals surface area contributed by atoms with Crippen molar-refractivity contribution in [3.63, 3.8) is 0 Å². The molecule has 7 heteroatoms. The van der Waals surface area contributed by atoms with Gasteiger partial charge in [0.2, 0.25) is 0 Å². The summed E-state index contributed by atoms with van der Waals surface area (Å²) in [7, 11) is 0. The van der Waals surface area contributed by atoms with Crippen LogP contribution in [0.5, 0.6) is 0 Å². The van der Waals surface area contributed by atoms with Gasteiger partial charge in [0, 0.05) is 19.6 Å². The molecule has 0 bridgehead atoms. The third kappa shape index (κ3) is 4.46. The molecule has 1 aromatic carbocycles. The summed E-state index contributed by atoms with van der Waals surface area (Å²) < 4.78 is 0. The molecule has 2 unspecified atom stereocenters. The summed E-state index contributed by atoms with van der Waals surface area (Å²) in [6, 6.07) is 6.87. The summed E-state index contributed by atoms with van der Waals surface area (Å²) in [5.74, 6) is 0.381. The Kier molecular flexibility index (Phi) is 6.21. The van der Waals surface area contributed by atoms with Crippen LogP contribution in [0.3, 0.4) is 0 Å². The van der Waals surface area contributed by atoms with Crippen molar-refractivity contribution >= 4 is 18.0 Å². The summed E-state index contributed by atoms with van der Waals surface area (Å²) in [4.78, 5) is 37.9. The van der Waals surface area contributed by atoms with Crippen LogP contribution in [-0.2, 0) is 16.9 Å². The maximum atomic E-state index is 12.5. The second-order valence-corrected chi connectivity index (χ2v) is 7.96. The summed E-state index contributed by atoms with van der Waals surface area (Å²) in [5.41, 5.74) is 0.601. The molecule has 7 nitrogen and oxygen atoms in total. The minimum Gasteiger partial charge on any atom is -0.334 e. The van der Waals surface area contributed by atoms with Gasteiger partial charge in [0.1, 0.15) is 5.54 Å². The number of carbonyl (C=O) groups is 3. The van der Waals surface area contributed by atoms with Gasteiger partial charge in [-0.3, -0.25) is 10.1 Å². The van der Waals surface area contributed by atoms with E-state index in [0.29, 0.717) is 12.1 Å². The zero-order chi connectivity index (χ0) is 20.1. The van der Waals surface area contributed by atoms with Crippen LogP contribution in [0.4, 0.5) is 9.59 Å². The van der Waals surface area contributed by atoms with E-state index in [-0.39, 0.29) is 11.9 Å². The molecule has 0 radical (unpaired) electrons. The average molecular weight is 386 g/mol. The first-order chi connectivity index (χ1) is 13.4. The number of rotatable bonds is 5. The van der Waals surface area contributed by atoms with Gasteiger partial charge in [0.15, 0.2) is 0 Å². The first-order valence-electron chi connectivity index (χ1n) is 10.2. The molecule has 0 saturated carbocycles. The number of amides is 5. The highest BCUT2D eigenvalue weighted by Crippen LogP contribution is 2.25. The van der Waals surface area contributed by atoms with Crippen LogP contribution >= 0.6 is 0 Å². The Balaban J connectivity index is 1.53. The molecule has 28 heavy (non-hydrogen) atoms. The highest BCUT2D eigenvalue weighted by atomic mass is 16.2. The predicted octanol–water partition coefficient (Wildman–Crippen LogP) is 2.85. The number of imide groups is 1. The number of hydrogen-bond donors (Lipinski definition) is 3. The van der Waals surface area contributed by atoms with E-state index in [0.717, 1.165) is 37.4 Å². The summed E-state index contributed by atoms with van der Waals surface area (Å²) in [6.45, 7) is 5.97. The third-order valence-corrected chi connectivity index (χ3v) is 5.85. The number of benzene rings is 1. The molecule has 5 amide bonds. The number of likely N-dealkylation sites (tertiary alicyclic amines) is 1. The molecule has 3 rings (SSSR count). The Morgan fingerprint density at radius 1 is 1.21 bits per heavy atom. The highest BCUT2D eigenvalue weighted by molar-refractivity contribution is 6.07. The minimum absolute atomic E-state index is 0.0179. The second-order valence-electron chi connectivity index (χ2n) is 7.96. The van der Waals surface area contributed by atoms with E-state index < -0.39 is 11.6 Å². The Hall–Kier alpha value is -2.57. The summed E-state index contributed by atoms with van der Waals surface area (Å²) >= 11 is 0. The van der Waals surface area contributed by atoms with Crippen LogP contribution in [-0.4, -0.2) is 36.0 Å². The van der Waals surface area contributed by atoms with Crippen molar-refractivity contribution < 1.29 is 14.4 Å². The van der Waals surface area contributed by atoms with Crippen LogP contribution in [0.2, 0.25) is 0 Å². The van der Waals surface area contributed by atoms with E-state index in [9.17, 15) is 14.4 Å².